The van der Waals surface area contributed by atoms with Crippen LogP contribution in [0.1, 0.15) is 11.1 Å². The lowest BCUT2D eigenvalue weighted by atomic mass is 10.2. The number of hydrogen-bond acceptors (Lipinski definition) is 3. The third-order valence-corrected chi connectivity index (χ3v) is 4.41. The van der Waals surface area contributed by atoms with Crippen LogP contribution < -0.4 is 0 Å². The number of carbonyl (C=O) groups is 1. The fraction of sp³-hybridized carbons (Fsp3) is 0.0556. The first-order valence-corrected chi connectivity index (χ1v) is 8.90. The topological polar surface area (TPSA) is 51.2 Å². The summed E-state index contributed by atoms with van der Waals surface area (Å²) in [4.78, 5) is 11.7. The number of allylic oxidation sites excluding steroid dienone is 1. The van der Waals surface area contributed by atoms with E-state index in [9.17, 15) is 30.8 Å². The summed E-state index contributed by atoms with van der Waals surface area (Å²) in [5.74, 6) is -5.22. The molecule has 0 fully saturated rings. The van der Waals surface area contributed by atoms with Gasteiger partial charge >= 0.3 is 0 Å². The van der Waals surface area contributed by atoms with Crippen LogP contribution in [0.3, 0.4) is 0 Å². The molecule has 2 aromatic carbocycles. The molecular weight excluding hydrogens is 372 g/mol. The third-order valence-electron chi connectivity index (χ3n) is 3.17. The van der Waals surface area contributed by atoms with Gasteiger partial charge in [-0.05, 0) is 42.5 Å². The number of carbonyl (C=O) groups excluding carboxylic acids is 1. The van der Waals surface area contributed by atoms with Crippen LogP contribution in [0.4, 0.5) is 17.6 Å². The fourth-order valence-electron chi connectivity index (χ4n) is 1.93. The maximum absolute atomic E-state index is 13.4. The fourth-order valence-corrected chi connectivity index (χ4v) is 2.87. The highest BCUT2D eigenvalue weighted by Crippen LogP contribution is 2.13. The van der Waals surface area contributed by atoms with Crippen molar-refractivity contribution in [1.82, 2.24) is 0 Å². The second kappa shape index (κ2) is 8.09. The molecule has 0 aliphatic carbocycles. The molecule has 0 aliphatic rings. The van der Waals surface area contributed by atoms with Crippen molar-refractivity contribution in [1.29, 1.82) is 0 Å². The van der Waals surface area contributed by atoms with Crippen molar-refractivity contribution in [3.8, 4) is 0 Å². The molecule has 26 heavy (non-hydrogen) atoms. The maximum Gasteiger partial charge on any atom is 0.179 e. The Balaban J connectivity index is 2.07. The molecule has 0 spiro atoms. The van der Waals surface area contributed by atoms with Crippen molar-refractivity contribution in [2.75, 3.05) is 5.75 Å². The van der Waals surface area contributed by atoms with Crippen LogP contribution >= 0.6 is 0 Å². The number of halogens is 4. The molecule has 0 bridgehead atoms. The summed E-state index contributed by atoms with van der Waals surface area (Å²) in [6.45, 7) is 0. The van der Waals surface area contributed by atoms with E-state index < -0.39 is 44.6 Å². The predicted octanol–water partition coefficient (Wildman–Crippen LogP) is 3.91. The molecule has 0 saturated heterocycles. The molecule has 8 heteroatoms. The summed E-state index contributed by atoms with van der Waals surface area (Å²) >= 11 is 0. The van der Waals surface area contributed by atoms with Gasteiger partial charge in [0.2, 0.25) is 0 Å². The molecule has 0 atom stereocenters. The van der Waals surface area contributed by atoms with Crippen LogP contribution in [0.5, 0.6) is 0 Å². The number of rotatable bonds is 6. The van der Waals surface area contributed by atoms with E-state index in [1.54, 1.807) is 0 Å². The van der Waals surface area contributed by atoms with E-state index >= 15 is 0 Å². The molecule has 0 unspecified atom stereocenters. The van der Waals surface area contributed by atoms with Crippen LogP contribution in [0.25, 0.3) is 12.2 Å². The Bertz CT molecular complexity index is 995. The van der Waals surface area contributed by atoms with Gasteiger partial charge in [0.05, 0.1) is 0 Å². The lowest BCUT2D eigenvalue weighted by Gasteiger charge is -1.99. The Labute approximate surface area is 147 Å². The molecule has 0 N–H and O–H groups in total. The molecule has 0 radical (unpaired) electrons. The molecule has 0 amide bonds. The summed E-state index contributed by atoms with van der Waals surface area (Å²) in [5.41, 5.74) is -0.243. The SMILES string of the molecule is O=C(/C=C/c1ccc(F)cc1F)CS(=O)(=O)C=Cc1ccc(F)cc1F. The Kier molecular flexibility index (Phi) is 6.10. The van der Waals surface area contributed by atoms with Gasteiger partial charge in [-0.2, -0.15) is 0 Å². The monoisotopic (exact) mass is 384 g/mol. The van der Waals surface area contributed by atoms with Gasteiger partial charge in [-0.1, -0.05) is 0 Å². The summed E-state index contributed by atoms with van der Waals surface area (Å²) in [6.07, 6.45) is 2.77. The normalized spacial score (nSPS) is 12.2. The van der Waals surface area contributed by atoms with Gasteiger partial charge in [0.25, 0.3) is 0 Å². The standard InChI is InChI=1S/C18H12F4O3S/c19-14-4-1-12(17(21)9-14)3-6-16(23)11-26(24,25)8-7-13-2-5-15(20)10-18(13)22/h1-10H,11H2/b6-3+,8-7?. The van der Waals surface area contributed by atoms with Gasteiger partial charge in [0.15, 0.2) is 15.6 Å². The third kappa shape index (κ3) is 5.66. The van der Waals surface area contributed by atoms with Crippen LogP contribution in [0.15, 0.2) is 47.9 Å². The zero-order valence-corrected chi connectivity index (χ0v) is 13.9. The zero-order chi connectivity index (χ0) is 19.3. The molecule has 0 aliphatic heterocycles. The highest BCUT2D eigenvalue weighted by Gasteiger charge is 2.12. The minimum absolute atomic E-state index is 0.0823. The van der Waals surface area contributed by atoms with Gasteiger partial charge < -0.3 is 0 Å². The first-order valence-electron chi connectivity index (χ1n) is 7.18. The Morgan fingerprint density at radius 1 is 0.846 bits per heavy atom. The summed E-state index contributed by atoms with van der Waals surface area (Å²) < 4.78 is 76.1. The molecule has 2 rings (SSSR count). The van der Waals surface area contributed by atoms with E-state index in [0.717, 1.165) is 42.5 Å². The average Bonchev–Trinajstić information content (AvgIpc) is 2.52. The van der Waals surface area contributed by atoms with Crippen molar-refractivity contribution in [3.63, 3.8) is 0 Å². The van der Waals surface area contributed by atoms with Gasteiger partial charge in [-0.3, -0.25) is 4.79 Å². The van der Waals surface area contributed by atoms with Crippen molar-refractivity contribution < 1.29 is 30.8 Å². The molecule has 0 aromatic heterocycles. The lowest BCUT2D eigenvalue weighted by Crippen LogP contribution is -2.11. The number of sulfone groups is 1. The van der Waals surface area contributed by atoms with E-state index in [1.165, 1.54) is 0 Å². The average molecular weight is 384 g/mol. The Morgan fingerprint density at radius 2 is 1.35 bits per heavy atom. The van der Waals surface area contributed by atoms with Gasteiger partial charge in [-0.15, -0.1) is 0 Å². The summed E-state index contributed by atoms with van der Waals surface area (Å²) in [7, 11) is -4.02. The van der Waals surface area contributed by atoms with Crippen LogP contribution in [0, 0.1) is 23.3 Å². The highest BCUT2D eigenvalue weighted by molar-refractivity contribution is 7.95. The first kappa shape index (κ1) is 19.6. The summed E-state index contributed by atoms with van der Waals surface area (Å²) in [6, 6.07) is 5.32. The summed E-state index contributed by atoms with van der Waals surface area (Å²) in [5, 5.41) is 0.632. The zero-order valence-electron chi connectivity index (χ0n) is 13.1. The Morgan fingerprint density at radius 3 is 1.85 bits per heavy atom. The van der Waals surface area contributed by atoms with E-state index in [4.69, 9.17) is 0 Å². The van der Waals surface area contributed by atoms with E-state index in [-0.39, 0.29) is 11.1 Å². The van der Waals surface area contributed by atoms with Crippen molar-refractivity contribution >= 4 is 27.8 Å². The molecule has 0 heterocycles. The van der Waals surface area contributed by atoms with Gasteiger partial charge in [0.1, 0.15) is 29.0 Å². The predicted molar refractivity (Wildman–Crippen MR) is 89.6 cm³/mol. The van der Waals surface area contributed by atoms with Crippen molar-refractivity contribution in [2.45, 2.75) is 0 Å². The second-order valence-corrected chi connectivity index (χ2v) is 7.13. The number of benzene rings is 2. The van der Waals surface area contributed by atoms with Gasteiger partial charge in [-0.25, -0.2) is 26.0 Å². The van der Waals surface area contributed by atoms with E-state index in [2.05, 4.69) is 0 Å². The van der Waals surface area contributed by atoms with Gasteiger partial charge in [0, 0.05) is 28.7 Å². The van der Waals surface area contributed by atoms with E-state index in [1.807, 2.05) is 0 Å². The van der Waals surface area contributed by atoms with E-state index in [0.29, 0.717) is 17.5 Å². The molecule has 0 saturated carbocycles. The van der Waals surface area contributed by atoms with Crippen molar-refractivity contribution in [3.05, 3.63) is 82.3 Å². The minimum atomic E-state index is -4.02. The quantitative estimate of drug-likeness (QED) is 0.561. The highest BCUT2D eigenvalue weighted by atomic mass is 32.2. The number of ketones is 1. The Hall–Kier alpha value is -2.74. The maximum atomic E-state index is 13.4. The van der Waals surface area contributed by atoms with Crippen LogP contribution in [-0.2, 0) is 14.6 Å². The second-order valence-electron chi connectivity index (χ2n) is 5.24. The smallest absolute Gasteiger partial charge is 0.179 e. The number of hydrogen-bond donors (Lipinski definition) is 0. The van der Waals surface area contributed by atoms with Crippen molar-refractivity contribution in [2.24, 2.45) is 0 Å². The molecule has 3 nitrogen and oxygen atoms in total. The van der Waals surface area contributed by atoms with Crippen LogP contribution in [0.2, 0.25) is 0 Å². The molecular formula is C18H12F4O3S. The van der Waals surface area contributed by atoms with Crippen LogP contribution in [-0.4, -0.2) is 20.0 Å². The first-order chi connectivity index (χ1) is 12.2. The largest absolute Gasteiger partial charge is 0.294 e. The lowest BCUT2D eigenvalue weighted by molar-refractivity contribution is -0.112. The molecule has 2 aromatic rings. The molecule has 136 valence electrons. The minimum Gasteiger partial charge on any atom is -0.294 e.